The van der Waals surface area contributed by atoms with Gasteiger partial charge in [-0.1, -0.05) is 54.6 Å². The lowest BCUT2D eigenvalue weighted by Gasteiger charge is -2.35. The van der Waals surface area contributed by atoms with Crippen molar-refractivity contribution in [2.45, 2.75) is 13.1 Å². The summed E-state index contributed by atoms with van der Waals surface area (Å²) in [6.07, 6.45) is 0. The molecule has 0 saturated carbocycles. The molecule has 162 valence electrons. The van der Waals surface area contributed by atoms with E-state index in [1.54, 1.807) is 12.1 Å². The number of aliphatic carboxylic acids is 2. The van der Waals surface area contributed by atoms with Gasteiger partial charge in [0.2, 0.25) is 0 Å². The molecule has 1 saturated heterocycles. The molecule has 1 aliphatic heterocycles. The van der Waals surface area contributed by atoms with E-state index in [1.165, 1.54) is 21.9 Å². The number of hydrogen-bond acceptors (Lipinski definition) is 4. The van der Waals surface area contributed by atoms with Gasteiger partial charge in [0.1, 0.15) is 5.82 Å². The number of benzene rings is 3. The SMILES string of the molecule is Fc1ccc(CN2CCN(Cc3cccc4ccccc34)CC2)cc1.O=C(O)C(=O)O. The monoisotopic (exact) mass is 424 g/mol. The van der Waals surface area contributed by atoms with Gasteiger partial charge in [-0.2, -0.15) is 0 Å². The van der Waals surface area contributed by atoms with E-state index in [4.69, 9.17) is 19.8 Å². The Balaban J connectivity index is 0.000000401. The number of halogens is 1. The van der Waals surface area contributed by atoms with Gasteiger partial charge in [-0.15, -0.1) is 0 Å². The lowest BCUT2D eigenvalue weighted by atomic mass is 10.0. The predicted octanol–water partition coefficient (Wildman–Crippen LogP) is 3.45. The third kappa shape index (κ3) is 6.60. The normalized spacial score (nSPS) is 14.6. The third-order valence-electron chi connectivity index (χ3n) is 5.24. The van der Waals surface area contributed by atoms with Crippen molar-refractivity contribution >= 4 is 22.7 Å². The number of carboxylic acids is 2. The van der Waals surface area contributed by atoms with Crippen LogP contribution in [0.4, 0.5) is 4.39 Å². The largest absolute Gasteiger partial charge is 0.473 e. The molecule has 3 aromatic carbocycles. The molecular formula is C24H25FN2O4. The van der Waals surface area contributed by atoms with E-state index in [-0.39, 0.29) is 5.82 Å². The van der Waals surface area contributed by atoms with Crippen LogP contribution in [0.25, 0.3) is 10.8 Å². The number of carbonyl (C=O) groups is 2. The Bertz CT molecular complexity index is 1010. The third-order valence-corrected chi connectivity index (χ3v) is 5.24. The second-order valence-electron chi connectivity index (χ2n) is 7.43. The zero-order valence-electron chi connectivity index (χ0n) is 17.1. The van der Waals surface area contributed by atoms with Crippen LogP contribution in [0.3, 0.4) is 0 Å². The fourth-order valence-corrected chi connectivity index (χ4v) is 3.62. The smallest absolute Gasteiger partial charge is 0.414 e. The van der Waals surface area contributed by atoms with Crippen molar-refractivity contribution in [3.05, 3.63) is 83.7 Å². The topological polar surface area (TPSA) is 81.1 Å². The Morgan fingerprint density at radius 3 is 1.90 bits per heavy atom. The zero-order chi connectivity index (χ0) is 22.2. The maximum Gasteiger partial charge on any atom is 0.414 e. The Kier molecular flexibility index (Phi) is 7.70. The van der Waals surface area contributed by atoms with Gasteiger partial charge in [-0.05, 0) is 34.0 Å². The minimum atomic E-state index is -1.82. The van der Waals surface area contributed by atoms with Gasteiger partial charge in [-0.25, -0.2) is 14.0 Å². The quantitative estimate of drug-likeness (QED) is 0.625. The first-order chi connectivity index (χ1) is 14.9. The van der Waals surface area contributed by atoms with Gasteiger partial charge in [-0.3, -0.25) is 9.80 Å². The molecule has 0 aliphatic carbocycles. The van der Waals surface area contributed by atoms with Crippen molar-refractivity contribution < 1.29 is 24.2 Å². The maximum atomic E-state index is 13.0. The molecule has 31 heavy (non-hydrogen) atoms. The van der Waals surface area contributed by atoms with E-state index < -0.39 is 11.9 Å². The van der Waals surface area contributed by atoms with Crippen molar-refractivity contribution in [1.82, 2.24) is 9.80 Å². The Morgan fingerprint density at radius 2 is 1.29 bits per heavy atom. The molecule has 1 aliphatic rings. The molecule has 6 nitrogen and oxygen atoms in total. The summed E-state index contributed by atoms with van der Waals surface area (Å²) in [7, 11) is 0. The summed E-state index contributed by atoms with van der Waals surface area (Å²) < 4.78 is 13.0. The Morgan fingerprint density at radius 1 is 0.742 bits per heavy atom. The molecule has 2 N–H and O–H groups in total. The van der Waals surface area contributed by atoms with Crippen LogP contribution < -0.4 is 0 Å². The molecule has 7 heteroatoms. The highest BCUT2D eigenvalue weighted by Gasteiger charge is 2.17. The zero-order valence-corrected chi connectivity index (χ0v) is 17.1. The van der Waals surface area contributed by atoms with Crippen LogP contribution in [0.15, 0.2) is 66.7 Å². The van der Waals surface area contributed by atoms with E-state index in [0.717, 1.165) is 39.3 Å². The summed E-state index contributed by atoms with van der Waals surface area (Å²) in [4.78, 5) is 23.2. The van der Waals surface area contributed by atoms with Gasteiger partial charge in [0.15, 0.2) is 0 Å². The number of nitrogens with zero attached hydrogens (tertiary/aromatic N) is 2. The molecule has 1 fully saturated rings. The number of fused-ring (bicyclic) bond motifs is 1. The fourth-order valence-electron chi connectivity index (χ4n) is 3.62. The molecule has 0 bridgehead atoms. The van der Waals surface area contributed by atoms with Crippen LogP contribution in [-0.2, 0) is 22.7 Å². The number of carboxylic acid groups (broad SMARTS) is 2. The van der Waals surface area contributed by atoms with Crippen LogP contribution in [0.5, 0.6) is 0 Å². The minimum absolute atomic E-state index is 0.163. The maximum absolute atomic E-state index is 13.0. The van der Waals surface area contributed by atoms with Crippen LogP contribution in [0, 0.1) is 5.82 Å². The highest BCUT2D eigenvalue weighted by Crippen LogP contribution is 2.21. The average molecular weight is 424 g/mol. The van der Waals surface area contributed by atoms with Crippen LogP contribution in [0.2, 0.25) is 0 Å². The van der Waals surface area contributed by atoms with E-state index in [2.05, 4.69) is 52.3 Å². The number of piperazine rings is 1. The highest BCUT2D eigenvalue weighted by atomic mass is 19.1. The minimum Gasteiger partial charge on any atom is -0.473 e. The van der Waals surface area contributed by atoms with Crippen molar-refractivity contribution in [2.24, 2.45) is 0 Å². The van der Waals surface area contributed by atoms with Gasteiger partial charge in [0, 0.05) is 39.3 Å². The summed E-state index contributed by atoms with van der Waals surface area (Å²) in [6, 6.07) is 22.1. The summed E-state index contributed by atoms with van der Waals surface area (Å²) in [5.41, 5.74) is 2.59. The molecule has 4 rings (SSSR count). The lowest BCUT2D eigenvalue weighted by Crippen LogP contribution is -2.45. The standard InChI is InChI=1S/C22H23FN2.C2H2O4/c23-21-10-8-18(9-11-21)16-24-12-14-25(15-13-24)17-20-6-3-5-19-4-1-2-7-22(19)20;3-1(4)2(5)6/h1-11H,12-17H2;(H,3,4)(H,5,6). The van der Waals surface area contributed by atoms with Gasteiger partial charge >= 0.3 is 11.9 Å². The van der Waals surface area contributed by atoms with E-state index in [1.807, 2.05) is 12.1 Å². The van der Waals surface area contributed by atoms with Crippen molar-refractivity contribution in [2.75, 3.05) is 26.2 Å². The molecule has 0 unspecified atom stereocenters. The van der Waals surface area contributed by atoms with Gasteiger partial charge in [0.25, 0.3) is 0 Å². The van der Waals surface area contributed by atoms with Crippen LogP contribution in [0.1, 0.15) is 11.1 Å². The second-order valence-corrected chi connectivity index (χ2v) is 7.43. The number of rotatable bonds is 4. The van der Waals surface area contributed by atoms with Crippen molar-refractivity contribution in [1.29, 1.82) is 0 Å². The van der Waals surface area contributed by atoms with Crippen LogP contribution in [-0.4, -0.2) is 58.1 Å². The molecule has 0 aromatic heterocycles. The first-order valence-electron chi connectivity index (χ1n) is 10.0. The summed E-state index contributed by atoms with van der Waals surface area (Å²) in [5.74, 6) is -3.81. The highest BCUT2D eigenvalue weighted by molar-refractivity contribution is 6.27. The Hall–Kier alpha value is -3.29. The first kappa shape index (κ1) is 22.4. The summed E-state index contributed by atoms with van der Waals surface area (Å²) in [5, 5.41) is 17.5. The van der Waals surface area contributed by atoms with Gasteiger partial charge in [0.05, 0.1) is 0 Å². The van der Waals surface area contributed by atoms with Crippen molar-refractivity contribution in [3.63, 3.8) is 0 Å². The first-order valence-corrected chi connectivity index (χ1v) is 10.0. The van der Waals surface area contributed by atoms with Crippen molar-refractivity contribution in [3.8, 4) is 0 Å². The molecule has 0 atom stereocenters. The predicted molar refractivity (Wildman–Crippen MR) is 116 cm³/mol. The number of hydrogen-bond donors (Lipinski definition) is 2. The Labute approximate surface area is 180 Å². The van der Waals surface area contributed by atoms with Gasteiger partial charge < -0.3 is 10.2 Å². The summed E-state index contributed by atoms with van der Waals surface area (Å²) >= 11 is 0. The fraction of sp³-hybridized carbons (Fsp3) is 0.250. The molecule has 0 spiro atoms. The van der Waals surface area contributed by atoms with Crippen LogP contribution >= 0.6 is 0 Å². The average Bonchev–Trinajstić information content (AvgIpc) is 2.77. The molecule has 1 heterocycles. The summed E-state index contributed by atoms with van der Waals surface area (Å²) in [6.45, 7) is 6.17. The molecule has 0 amide bonds. The molecular weight excluding hydrogens is 399 g/mol. The molecule has 0 radical (unpaired) electrons. The van der Waals surface area contributed by atoms with E-state index in [9.17, 15) is 4.39 Å². The molecule has 3 aromatic rings. The van der Waals surface area contributed by atoms with E-state index in [0.29, 0.717) is 0 Å². The lowest BCUT2D eigenvalue weighted by molar-refractivity contribution is -0.159. The van der Waals surface area contributed by atoms with E-state index >= 15 is 0 Å². The second kappa shape index (κ2) is 10.7.